The first-order chi connectivity index (χ1) is 51.4. The molecule has 2 N–H and O–H groups in total. The second kappa shape index (κ2) is 32.8. The second-order valence-corrected chi connectivity index (χ2v) is 38.0. The molecular formula is C104H119N4O2Pt-. The van der Waals surface area contributed by atoms with Gasteiger partial charge in [-0.15, -0.1) is 24.3 Å². The predicted molar refractivity (Wildman–Crippen MR) is 469 cm³/mol. The molecule has 0 atom stereocenters. The fourth-order valence-electron chi connectivity index (χ4n) is 14.5. The van der Waals surface area contributed by atoms with Gasteiger partial charge in [0.05, 0.1) is 22.8 Å². The Morgan fingerprint density at radius 3 is 0.919 bits per heavy atom. The molecule has 0 unspecified atom stereocenters. The Morgan fingerprint density at radius 1 is 0.261 bits per heavy atom. The molecule has 0 fully saturated rings. The molecule has 4 heterocycles. The van der Waals surface area contributed by atoms with E-state index in [0.29, 0.717) is 40.5 Å². The molecule has 0 aliphatic heterocycles. The molecule has 0 saturated heterocycles. The van der Waals surface area contributed by atoms with Crippen LogP contribution in [0.15, 0.2) is 213 Å². The Labute approximate surface area is 680 Å². The van der Waals surface area contributed by atoms with Crippen molar-refractivity contribution in [3.05, 3.63) is 274 Å². The van der Waals surface area contributed by atoms with Gasteiger partial charge in [-0.1, -0.05) is 306 Å². The number of aromatic nitrogens is 4. The van der Waals surface area contributed by atoms with Crippen LogP contribution < -0.4 is 0 Å². The largest absolute Gasteiger partial charge is 0.507 e. The van der Waals surface area contributed by atoms with Crippen LogP contribution in [0.1, 0.15) is 259 Å². The van der Waals surface area contributed by atoms with E-state index < -0.39 is 0 Å². The molecule has 0 spiro atoms. The first kappa shape index (κ1) is 84.1. The Bertz CT molecular complexity index is 4900. The van der Waals surface area contributed by atoms with Crippen LogP contribution in [0, 0.1) is 6.07 Å². The summed E-state index contributed by atoms with van der Waals surface area (Å²) in [5.41, 5.74) is 32.8. The van der Waals surface area contributed by atoms with Crippen LogP contribution in [0.25, 0.3) is 112 Å². The van der Waals surface area contributed by atoms with Gasteiger partial charge in [-0.25, -0.2) is 4.98 Å². The molecule has 0 aliphatic rings. The maximum atomic E-state index is 11.0. The molecule has 111 heavy (non-hydrogen) atoms. The Balaban J connectivity index is 0.000000234. The molecule has 12 aromatic rings. The van der Waals surface area contributed by atoms with Crippen molar-refractivity contribution in [3.8, 4) is 124 Å². The Hall–Kier alpha value is -9.35. The summed E-state index contributed by atoms with van der Waals surface area (Å²) in [7, 11) is 0. The predicted octanol–water partition coefficient (Wildman–Crippen LogP) is 29.1. The maximum absolute atomic E-state index is 11.0. The van der Waals surface area contributed by atoms with Crippen molar-refractivity contribution in [2.75, 3.05) is 0 Å². The van der Waals surface area contributed by atoms with E-state index >= 15 is 0 Å². The molecule has 4 aromatic heterocycles. The van der Waals surface area contributed by atoms with Crippen LogP contribution in [-0.4, -0.2) is 30.1 Å². The van der Waals surface area contributed by atoms with Crippen molar-refractivity contribution in [2.24, 2.45) is 0 Å². The topological polar surface area (TPSA) is 92.0 Å². The van der Waals surface area contributed by atoms with E-state index in [0.717, 1.165) is 73.0 Å². The fraction of sp³-hybridized carbons (Fsp3) is 0.346. The minimum absolute atomic E-state index is 0. The number of nitrogens with zero attached hydrogens (tertiary/aromatic N) is 4. The van der Waals surface area contributed by atoms with Gasteiger partial charge in [-0.2, -0.15) is 0 Å². The third kappa shape index (κ3) is 19.4. The third-order valence-electron chi connectivity index (χ3n) is 21.5. The van der Waals surface area contributed by atoms with E-state index in [1.54, 1.807) is 12.1 Å². The number of pyridine rings is 4. The van der Waals surface area contributed by atoms with Gasteiger partial charge in [-0.3, -0.25) is 15.0 Å². The molecule has 0 bridgehead atoms. The number of aromatic hydroxyl groups is 2. The number of hydrogen-bond donors (Lipinski definition) is 2. The van der Waals surface area contributed by atoms with Gasteiger partial charge in [0.2, 0.25) is 0 Å². The van der Waals surface area contributed by atoms with Crippen molar-refractivity contribution >= 4 is 0 Å². The summed E-state index contributed by atoms with van der Waals surface area (Å²) in [6, 6.07) is 74.4. The minimum atomic E-state index is -0.0312. The van der Waals surface area contributed by atoms with E-state index in [9.17, 15) is 10.2 Å². The standard InChI is InChI=1S/C52H60N2O.C52H59N2O.Pt/c2*1-32(2)43-30-41(52(11,12)13)31-44(33(3)4)49(43)36-21-22-53-45(26-36)34-17-16-18-35(23-34)46-27-38(28-47(54-46)42-19-14-15-20-48(42)55)37-24-39(50(5,6)7)29-40(25-37)51(8,9)10;/h14-33,55H,1-13H3;14-22,24-33,55H,1-13H3;/q;-1;. The normalized spacial score (nSPS) is 12.4. The second-order valence-electron chi connectivity index (χ2n) is 38.0. The summed E-state index contributed by atoms with van der Waals surface area (Å²) >= 11 is 0. The zero-order valence-corrected chi connectivity index (χ0v) is 73.3. The van der Waals surface area contributed by atoms with Gasteiger partial charge in [0, 0.05) is 67.1 Å². The first-order valence-corrected chi connectivity index (χ1v) is 39.8. The van der Waals surface area contributed by atoms with Crippen LogP contribution in [0.4, 0.5) is 0 Å². The van der Waals surface area contributed by atoms with Crippen molar-refractivity contribution in [2.45, 2.75) is 236 Å². The minimum Gasteiger partial charge on any atom is -0.507 e. The summed E-state index contributed by atoms with van der Waals surface area (Å²) in [5, 5.41) is 22.0. The Morgan fingerprint density at radius 2 is 0.550 bits per heavy atom. The quantitative estimate of drug-likeness (QED) is 0.105. The number of rotatable bonds is 14. The number of para-hydroxylation sites is 2. The van der Waals surface area contributed by atoms with Gasteiger partial charge in [0.1, 0.15) is 11.5 Å². The Kier molecular flexibility index (Phi) is 24.8. The SMILES string of the molecule is CC(C)c1cc(C(C)(C)C)cc(C(C)C)c1-c1ccnc(-c2[c-]c(-c3cc(-c4cc(C(C)(C)C)cc(C(C)(C)C)c4)cc(-c4ccccc4O)n3)ccc2)c1.CC(C)c1cc(C(C)(C)C)cc(C(C)C)c1-c1ccnc(-c2cccc(-c3cc(-c4cc(C(C)(C)C)cc(C(C)(C)C)c4)cc(-c4ccccc4O)n3)c2)c1.[Pt]. The fourth-order valence-corrected chi connectivity index (χ4v) is 14.5. The van der Waals surface area contributed by atoms with E-state index in [-0.39, 0.29) is 65.1 Å². The zero-order chi connectivity index (χ0) is 80.1. The summed E-state index contributed by atoms with van der Waals surface area (Å²) in [6.07, 6.45) is 3.88. The van der Waals surface area contributed by atoms with Crippen LogP contribution in [0.5, 0.6) is 11.5 Å². The monoisotopic (exact) mass is 1650 g/mol. The smallest absolute Gasteiger partial charge is 0.124 e. The summed E-state index contributed by atoms with van der Waals surface area (Å²) < 4.78 is 0. The number of hydrogen-bond acceptors (Lipinski definition) is 6. The molecule has 0 radical (unpaired) electrons. The van der Waals surface area contributed by atoms with Crippen LogP contribution in [0.2, 0.25) is 0 Å². The van der Waals surface area contributed by atoms with E-state index in [1.807, 2.05) is 48.8 Å². The van der Waals surface area contributed by atoms with Gasteiger partial charge >= 0.3 is 0 Å². The van der Waals surface area contributed by atoms with Gasteiger partial charge in [0.25, 0.3) is 0 Å². The summed E-state index contributed by atoms with van der Waals surface area (Å²) in [5.74, 6) is 1.88. The molecule has 6 nitrogen and oxygen atoms in total. The summed E-state index contributed by atoms with van der Waals surface area (Å²) in [6.45, 7) is 59.4. The van der Waals surface area contributed by atoms with Crippen LogP contribution >= 0.6 is 0 Å². The van der Waals surface area contributed by atoms with Crippen molar-refractivity contribution in [3.63, 3.8) is 0 Å². The van der Waals surface area contributed by atoms with E-state index in [1.165, 1.54) is 77.9 Å². The van der Waals surface area contributed by atoms with Crippen molar-refractivity contribution in [1.29, 1.82) is 0 Å². The average Bonchev–Trinajstić information content (AvgIpc) is 0.778. The van der Waals surface area contributed by atoms with E-state index in [2.05, 4.69) is 338 Å². The van der Waals surface area contributed by atoms with E-state index in [4.69, 9.17) is 19.9 Å². The summed E-state index contributed by atoms with van der Waals surface area (Å²) in [4.78, 5) is 20.2. The molecule has 0 amide bonds. The first-order valence-electron chi connectivity index (χ1n) is 39.8. The molecule has 0 aliphatic carbocycles. The van der Waals surface area contributed by atoms with Crippen molar-refractivity contribution < 1.29 is 31.3 Å². The third-order valence-corrected chi connectivity index (χ3v) is 21.5. The number of benzene rings is 8. The average molecular weight is 1650 g/mol. The van der Waals surface area contributed by atoms with Gasteiger partial charge in [0.15, 0.2) is 0 Å². The molecule has 7 heteroatoms. The molecule has 12 rings (SSSR count). The number of phenolic OH excluding ortho intramolecular Hbond substituents is 2. The molecule has 8 aromatic carbocycles. The van der Waals surface area contributed by atoms with Crippen molar-refractivity contribution in [1.82, 2.24) is 19.9 Å². The maximum Gasteiger partial charge on any atom is 0.124 e. The number of phenols is 2. The van der Waals surface area contributed by atoms with Gasteiger partial charge in [-0.05, 0) is 223 Å². The zero-order valence-electron chi connectivity index (χ0n) is 71.0. The molecule has 578 valence electrons. The van der Waals surface area contributed by atoms with Crippen LogP contribution in [-0.2, 0) is 53.6 Å². The van der Waals surface area contributed by atoms with Gasteiger partial charge < -0.3 is 10.2 Å². The molecule has 0 saturated carbocycles. The van der Waals surface area contributed by atoms with Crippen LogP contribution in [0.3, 0.4) is 0 Å². The molecular weight excluding hydrogens is 1530 g/mol.